The molecule has 1 heterocycles. The Labute approximate surface area is 70.9 Å². The third-order valence-corrected chi connectivity index (χ3v) is 1.97. The molecule has 1 rings (SSSR count). The number of hydrogen-bond acceptors (Lipinski definition) is 3. The van der Waals surface area contributed by atoms with Gasteiger partial charge >= 0.3 is 0 Å². The molecule has 0 aromatic heterocycles. The van der Waals surface area contributed by atoms with Crippen LogP contribution in [0.5, 0.6) is 0 Å². The lowest BCUT2D eigenvalue weighted by Crippen LogP contribution is -2.22. The summed E-state index contributed by atoms with van der Waals surface area (Å²) in [7, 11) is 0. The Hall–Kier alpha value is -0.0900. The summed E-state index contributed by atoms with van der Waals surface area (Å²) >= 11 is 5.32. The molecule has 1 aliphatic heterocycles. The van der Waals surface area contributed by atoms with Crippen LogP contribution in [0.1, 0.15) is 0 Å². The molecule has 64 valence electrons. The first kappa shape index (κ1) is 9.00. The molecular weight excluding hydrogens is 166 g/mol. The Morgan fingerprint density at radius 3 is 2.36 bits per heavy atom. The van der Waals surface area contributed by atoms with Crippen LogP contribution in [-0.2, 0) is 0 Å². The lowest BCUT2D eigenvalue weighted by molar-refractivity contribution is 0.0572. The average molecular weight is 178 g/mol. The van der Waals surface area contributed by atoms with Gasteiger partial charge in [-0.05, 0) is 0 Å². The van der Waals surface area contributed by atoms with Crippen LogP contribution < -0.4 is 0 Å². The highest BCUT2D eigenvalue weighted by atomic mass is 35.5. The molecule has 2 atom stereocenters. The van der Waals surface area contributed by atoms with E-state index in [0.29, 0.717) is 19.6 Å². The summed E-state index contributed by atoms with van der Waals surface area (Å²) in [6.07, 6.45) is 0.587. The third kappa shape index (κ3) is 2.45. The fourth-order valence-electron chi connectivity index (χ4n) is 1.18. The van der Waals surface area contributed by atoms with Gasteiger partial charge in [0.1, 0.15) is 0 Å². The molecule has 4 heteroatoms. The van der Waals surface area contributed by atoms with Gasteiger partial charge in [-0.25, -0.2) is 0 Å². The number of hydrogen-bond donors (Lipinski definition) is 2. The second kappa shape index (κ2) is 4.07. The van der Waals surface area contributed by atoms with Crippen molar-refractivity contribution in [3.05, 3.63) is 11.6 Å². The van der Waals surface area contributed by atoms with Crippen molar-refractivity contribution in [2.24, 2.45) is 0 Å². The van der Waals surface area contributed by atoms with Gasteiger partial charge in [-0.15, -0.1) is 0 Å². The van der Waals surface area contributed by atoms with Crippen molar-refractivity contribution in [2.45, 2.75) is 12.2 Å². The molecule has 1 fully saturated rings. The van der Waals surface area contributed by atoms with E-state index in [-0.39, 0.29) is 0 Å². The number of aliphatic hydroxyl groups excluding tert-OH is 2. The maximum Gasteiger partial charge on any atom is 0.0938 e. The van der Waals surface area contributed by atoms with E-state index in [9.17, 15) is 0 Å². The highest BCUT2D eigenvalue weighted by Gasteiger charge is 2.28. The van der Waals surface area contributed by atoms with Crippen molar-refractivity contribution >= 4 is 11.6 Å². The van der Waals surface area contributed by atoms with Crippen molar-refractivity contribution in [3.8, 4) is 0 Å². The Morgan fingerprint density at radius 1 is 1.36 bits per heavy atom. The summed E-state index contributed by atoms with van der Waals surface area (Å²) in [6, 6.07) is 0. The van der Waals surface area contributed by atoms with Crippen LogP contribution in [-0.4, -0.2) is 47.0 Å². The van der Waals surface area contributed by atoms with Gasteiger partial charge in [0.15, 0.2) is 0 Å². The first-order chi connectivity index (χ1) is 5.24. The molecule has 1 aliphatic rings. The van der Waals surface area contributed by atoms with E-state index < -0.39 is 12.2 Å². The van der Waals surface area contributed by atoms with Gasteiger partial charge in [0.05, 0.1) is 12.2 Å². The van der Waals surface area contributed by atoms with E-state index in [0.717, 1.165) is 0 Å². The van der Waals surface area contributed by atoms with E-state index in [4.69, 9.17) is 21.8 Å². The summed E-state index contributed by atoms with van der Waals surface area (Å²) in [5.41, 5.74) is 1.44. The van der Waals surface area contributed by atoms with Crippen LogP contribution in [0, 0.1) is 0 Å². The molecule has 0 saturated carbocycles. The highest BCUT2D eigenvalue weighted by Crippen LogP contribution is 2.08. The van der Waals surface area contributed by atoms with E-state index in [1.54, 1.807) is 6.08 Å². The predicted molar refractivity (Wildman–Crippen MR) is 43.4 cm³/mol. The van der Waals surface area contributed by atoms with Gasteiger partial charge < -0.3 is 10.2 Å². The molecule has 2 N–H and O–H groups in total. The van der Waals surface area contributed by atoms with Gasteiger partial charge in [-0.3, -0.25) is 4.90 Å². The molecular formula is C7H12ClNO2. The van der Waals surface area contributed by atoms with Crippen molar-refractivity contribution in [1.82, 2.24) is 4.90 Å². The third-order valence-electron chi connectivity index (χ3n) is 1.79. The smallest absolute Gasteiger partial charge is 0.0938 e. The van der Waals surface area contributed by atoms with E-state index in [2.05, 4.69) is 0 Å². The second-order valence-electron chi connectivity index (χ2n) is 2.71. The minimum Gasteiger partial charge on any atom is -0.389 e. The molecule has 0 aromatic carbocycles. The van der Waals surface area contributed by atoms with Crippen molar-refractivity contribution < 1.29 is 10.2 Å². The number of nitrogens with zero attached hydrogens (tertiary/aromatic N) is 1. The van der Waals surface area contributed by atoms with Crippen molar-refractivity contribution in [2.75, 3.05) is 19.6 Å². The largest absolute Gasteiger partial charge is 0.389 e. The van der Waals surface area contributed by atoms with Gasteiger partial charge in [0, 0.05) is 25.2 Å². The minimum absolute atomic E-state index is 0.530. The minimum atomic E-state index is -0.598. The van der Waals surface area contributed by atoms with Gasteiger partial charge in [0.2, 0.25) is 0 Å². The molecule has 0 spiro atoms. The van der Waals surface area contributed by atoms with Crippen LogP contribution >= 0.6 is 11.6 Å². The summed E-state index contributed by atoms with van der Waals surface area (Å²) in [5, 5.41) is 18.2. The highest BCUT2D eigenvalue weighted by molar-refractivity contribution is 6.25. The van der Waals surface area contributed by atoms with E-state index in [1.165, 1.54) is 5.54 Å². The lowest BCUT2D eigenvalue weighted by Gasteiger charge is -2.10. The molecule has 0 aromatic rings. The zero-order valence-corrected chi connectivity index (χ0v) is 6.91. The number of rotatable bonds is 2. The normalized spacial score (nSPS) is 33.7. The number of aliphatic hydroxyl groups is 2. The van der Waals surface area contributed by atoms with Crippen molar-refractivity contribution in [1.29, 1.82) is 0 Å². The fourth-order valence-corrected chi connectivity index (χ4v) is 1.26. The number of β-amino-alcohol motifs (C(OH)–C–C–N with tert-alkyl or cyclic N) is 2. The summed E-state index contributed by atoms with van der Waals surface area (Å²) < 4.78 is 0. The lowest BCUT2D eigenvalue weighted by atomic mass is 10.3. The Bertz CT molecular complexity index is 141. The maximum atomic E-state index is 9.12. The SMILES string of the molecule is O[C@@H]1CN(CC=CCl)C[C@@H]1O. The summed E-state index contributed by atoms with van der Waals surface area (Å²) in [6.45, 7) is 1.75. The molecule has 1 saturated heterocycles. The average Bonchev–Trinajstić information content (AvgIpc) is 2.28. The molecule has 11 heavy (non-hydrogen) atoms. The van der Waals surface area contributed by atoms with Crippen LogP contribution in [0.3, 0.4) is 0 Å². The summed E-state index contributed by atoms with van der Waals surface area (Å²) in [4.78, 5) is 1.94. The quantitative estimate of drug-likeness (QED) is 0.613. The number of halogens is 1. The van der Waals surface area contributed by atoms with Crippen LogP contribution in [0.2, 0.25) is 0 Å². The molecule has 3 nitrogen and oxygen atoms in total. The zero-order valence-electron chi connectivity index (χ0n) is 6.15. The summed E-state index contributed by atoms with van der Waals surface area (Å²) in [5.74, 6) is 0. The fraction of sp³-hybridized carbons (Fsp3) is 0.714. The van der Waals surface area contributed by atoms with E-state index in [1.807, 2.05) is 4.90 Å². The molecule has 0 bridgehead atoms. The predicted octanol–water partition coefficient (Wildman–Crippen LogP) is -0.224. The first-order valence-electron chi connectivity index (χ1n) is 3.57. The Balaban J connectivity index is 2.29. The first-order valence-corrected chi connectivity index (χ1v) is 4.01. The maximum absolute atomic E-state index is 9.12. The molecule has 0 radical (unpaired) electrons. The van der Waals surface area contributed by atoms with Crippen LogP contribution in [0.25, 0.3) is 0 Å². The van der Waals surface area contributed by atoms with Gasteiger partial charge in [0.25, 0.3) is 0 Å². The van der Waals surface area contributed by atoms with Gasteiger partial charge in [-0.1, -0.05) is 17.7 Å². The molecule has 0 unspecified atom stereocenters. The second-order valence-corrected chi connectivity index (χ2v) is 2.97. The Morgan fingerprint density at radius 2 is 1.91 bits per heavy atom. The monoisotopic (exact) mass is 177 g/mol. The Kier molecular flexibility index (Phi) is 3.33. The van der Waals surface area contributed by atoms with Crippen LogP contribution in [0.4, 0.5) is 0 Å². The van der Waals surface area contributed by atoms with Crippen molar-refractivity contribution in [3.63, 3.8) is 0 Å². The molecule has 0 amide bonds. The topological polar surface area (TPSA) is 43.7 Å². The van der Waals surface area contributed by atoms with E-state index >= 15 is 0 Å². The zero-order chi connectivity index (χ0) is 8.27. The standard InChI is InChI=1S/C7H12ClNO2/c8-2-1-3-9-4-6(10)7(11)5-9/h1-2,6-7,10-11H,3-5H2/t6-,7+. The number of likely N-dealkylation sites (tertiary alicyclic amines) is 1. The molecule has 0 aliphatic carbocycles. The van der Waals surface area contributed by atoms with Crippen LogP contribution in [0.15, 0.2) is 11.6 Å². The van der Waals surface area contributed by atoms with Gasteiger partial charge in [-0.2, -0.15) is 0 Å².